The van der Waals surface area contributed by atoms with Crippen LogP contribution in [0.3, 0.4) is 0 Å². The summed E-state index contributed by atoms with van der Waals surface area (Å²) in [5.41, 5.74) is 0.330. The average molecular weight is 363 g/mol. The third kappa shape index (κ3) is 2.67. The van der Waals surface area contributed by atoms with E-state index in [-0.39, 0.29) is 22.6 Å². The van der Waals surface area contributed by atoms with Crippen molar-refractivity contribution in [2.75, 3.05) is 6.61 Å². The Balaban J connectivity index is 2.02. The molecule has 1 aliphatic heterocycles. The second kappa shape index (κ2) is 6.66. The summed E-state index contributed by atoms with van der Waals surface area (Å²) < 4.78 is 31.1. The molecule has 2 unspecified atom stereocenters. The molecule has 8 heteroatoms. The number of amides is 1. The lowest BCUT2D eigenvalue weighted by Gasteiger charge is -2.15. The molecule has 0 saturated carbocycles. The molecule has 0 aromatic heterocycles. The van der Waals surface area contributed by atoms with Gasteiger partial charge in [-0.15, -0.1) is 0 Å². The van der Waals surface area contributed by atoms with Crippen LogP contribution in [0.5, 0.6) is 0 Å². The summed E-state index contributed by atoms with van der Waals surface area (Å²) >= 11 is 0. The largest absolute Gasteiger partial charge is 0.462 e. The van der Waals surface area contributed by atoms with Crippen LogP contribution in [-0.4, -0.2) is 30.6 Å². The van der Waals surface area contributed by atoms with Gasteiger partial charge >= 0.3 is 5.97 Å². The lowest BCUT2D eigenvalue weighted by Crippen LogP contribution is -2.29. The number of benzene rings is 2. The highest BCUT2D eigenvalue weighted by molar-refractivity contribution is 7.99. The second-order valence-electron chi connectivity index (χ2n) is 4.77. The van der Waals surface area contributed by atoms with Crippen molar-refractivity contribution < 1.29 is 22.7 Å². The van der Waals surface area contributed by atoms with E-state index in [4.69, 9.17) is 4.74 Å². The highest BCUT2D eigenvalue weighted by Crippen LogP contribution is 2.31. The molecule has 2 atom stereocenters. The molecule has 0 saturated heterocycles. The van der Waals surface area contributed by atoms with Gasteiger partial charge in [-0.05, 0) is 31.2 Å². The first kappa shape index (κ1) is 16.5. The number of nitrogens with zero attached hydrogens (tertiary/aromatic N) is 1. The maximum absolute atomic E-state index is 12.9. The number of hydrogen-bond donors (Lipinski definition) is 0. The fraction of sp³-hybridized carbons (Fsp3) is 0.125. The number of esters is 1. The maximum Gasteiger partial charge on any atom is 0.339 e. The third-order valence-electron chi connectivity index (χ3n) is 3.34. The summed E-state index contributed by atoms with van der Waals surface area (Å²) in [6.45, 7) is 1.83. The first-order valence-corrected chi connectivity index (χ1v) is 9.31. The molecule has 124 valence electrons. The van der Waals surface area contributed by atoms with E-state index in [1.54, 1.807) is 37.3 Å². The summed E-state index contributed by atoms with van der Waals surface area (Å²) in [6, 6.07) is 12.5. The average Bonchev–Trinajstić information content (AvgIpc) is 2.86. The Morgan fingerprint density at radius 1 is 1.17 bits per heavy atom. The fourth-order valence-electron chi connectivity index (χ4n) is 2.28. The summed E-state index contributed by atoms with van der Waals surface area (Å²) in [7, 11) is -3.99. The van der Waals surface area contributed by atoms with E-state index in [2.05, 4.69) is 0 Å². The molecule has 0 bridgehead atoms. The number of ether oxygens (including phenoxy) is 1. The van der Waals surface area contributed by atoms with E-state index in [0.29, 0.717) is 4.90 Å². The predicted molar refractivity (Wildman–Crippen MR) is 87.8 cm³/mol. The molecular weight excluding hydrogens is 350 g/mol. The zero-order valence-corrected chi connectivity index (χ0v) is 14.3. The van der Waals surface area contributed by atoms with Gasteiger partial charge < -0.3 is 4.74 Å². The monoisotopic (exact) mass is 363 g/mol. The Kier molecular flexibility index (Phi) is 4.59. The van der Waals surface area contributed by atoms with Gasteiger partial charge in [0.1, 0.15) is 0 Å². The summed E-state index contributed by atoms with van der Waals surface area (Å²) in [6.07, 6.45) is 0. The molecule has 0 radical (unpaired) electrons. The highest BCUT2D eigenvalue weighted by Gasteiger charge is 2.39. The molecule has 6 nitrogen and oxygen atoms in total. The lowest BCUT2D eigenvalue weighted by atomic mass is 10.2. The van der Waals surface area contributed by atoms with Gasteiger partial charge in [0, 0.05) is 0 Å². The zero-order chi connectivity index (χ0) is 17.3. The minimum atomic E-state index is -2.10. The van der Waals surface area contributed by atoms with E-state index in [9.17, 15) is 18.0 Å². The van der Waals surface area contributed by atoms with Crippen molar-refractivity contribution in [3.05, 3.63) is 59.7 Å². The van der Waals surface area contributed by atoms with Crippen molar-refractivity contribution in [2.24, 2.45) is 0 Å². The summed E-state index contributed by atoms with van der Waals surface area (Å²) in [5.74, 6) is -1.24. The van der Waals surface area contributed by atoms with Gasteiger partial charge in [0.15, 0.2) is 22.0 Å². The molecule has 0 spiro atoms. The SMILES string of the molecule is CCOC(=O)c1ccccc1S(=O)N1C(=O)c2ccccc2S1=O. The van der Waals surface area contributed by atoms with Crippen LogP contribution in [0.4, 0.5) is 0 Å². The second-order valence-corrected chi connectivity index (χ2v) is 7.61. The Morgan fingerprint density at radius 2 is 1.83 bits per heavy atom. The van der Waals surface area contributed by atoms with Gasteiger partial charge in [0.2, 0.25) is 0 Å². The van der Waals surface area contributed by atoms with Crippen LogP contribution in [0.2, 0.25) is 0 Å². The number of carbonyl (C=O) groups excluding carboxylic acids is 2. The van der Waals surface area contributed by atoms with E-state index in [1.165, 1.54) is 18.2 Å². The molecule has 1 amide bonds. The molecule has 1 aliphatic rings. The number of fused-ring (bicyclic) bond motifs is 1. The highest BCUT2D eigenvalue weighted by atomic mass is 32.3. The molecule has 1 heterocycles. The van der Waals surface area contributed by atoms with Crippen molar-refractivity contribution in [1.82, 2.24) is 3.71 Å². The molecule has 24 heavy (non-hydrogen) atoms. The zero-order valence-electron chi connectivity index (χ0n) is 12.6. The summed E-state index contributed by atoms with van der Waals surface area (Å²) in [4.78, 5) is 24.9. The van der Waals surface area contributed by atoms with Crippen LogP contribution in [0.1, 0.15) is 27.6 Å². The third-order valence-corrected chi connectivity index (χ3v) is 6.55. The topological polar surface area (TPSA) is 80.8 Å². The van der Waals surface area contributed by atoms with Gasteiger partial charge in [0.05, 0.1) is 27.5 Å². The molecule has 3 rings (SSSR count). The van der Waals surface area contributed by atoms with Crippen LogP contribution < -0.4 is 0 Å². The smallest absolute Gasteiger partial charge is 0.339 e. The quantitative estimate of drug-likeness (QED) is 0.777. The van der Waals surface area contributed by atoms with Crippen molar-refractivity contribution in [1.29, 1.82) is 0 Å². The molecule has 2 aromatic rings. The molecule has 0 N–H and O–H groups in total. The fourth-order valence-corrected chi connectivity index (χ4v) is 5.18. The van der Waals surface area contributed by atoms with Crippen LogP contribution in [0.25, 0.3) is 0 Å². The lowest BCUT2D eigenvalue weighted by molar-refractivity contribution is 0.0521. The Bertz CT molecular complexity index is 845. The van der Waals surface area contributed by atoms with Gasteiger partial charge in [-0.1, -0.05) is 24.3 Å². The van der Waals surface area contributed by atoms with E-state index in [1.807, 2.05) is 0 Å². The Hall–Kier alpha value is -2.32. The van der Waals surface area contributed by atoms with E-state index >= 15 is 0 Å². The molecular formula is C16H13NO5S2. The minimum absolute atomic E-state index is 0.0819. The van der Waals surface area contributed by atoms with Gasteiger partial charge in [0.25, 0.3) is 5.91 Å². The Labute approximate surface area is 143 Å². The van der Waals surface area contributed by atoms with Crippen LogP contribution in [0, 0.1) is 0 Å². The molecule has 0 fully saturated rings. The molecule has 0 aliphatic carbocycles. The predicted octanol–water partition coefficient (Wildman–Crippen LogP) is 2.06. The maximum atomic E-state index is 12.9. The van der Waals surface area contributed by atoms with Crippen molar-refractivity contribution in [3.63, 3.8) is 0 Å². The number of rotatable bonds is 4. The first-order chi connectivity index (χ1) is 11.6. The standard InChI is InChI=1S/C16H13NO5S2/c1-2-22-16(19)12-8-4-6-10-14(12)24(21)17-15(18)11-7-3-5-9-13(11)23(17)20/h3-10H,2H2,1H3. The number of carbonyl (C=O) groups is 2. The normalized spacial score (nSPS) is 17.5. The minimum Gasteiger partial charge on any atom is -0.462 e. The van der Waals surface area contributed by atoms with E-state index < -0.39 is 33.8 Å². The number of hydrogen-bond acceptors (Lipinski definition) is 5. The van der Waals surface area contributed by atoms with Crippen molar-refractivity contribution in [3.8, 4) is 0 Å². The first-order valence-electron chi connectivity index (χ1n) is 7.09. The molecule has 2 aromatic carbocycles. The van der Waals surface area contributed by atoms with Gasteiger partial charge in [-0.2, -0.15) is 3.71 Å². The van der Waals surface area contributed by atoms with Crippen LogP contribution in [0.15, 0.2) is 58.3 Å². The van der Waals surface area contributed by atoms with Crippen molar-refractivity contribution >= 4 is 33.8 Å². The van der Waals surface area contributed by atoms with Gasteiger partial charge in [-0.25, -0.2) is 13.2 Å². The van der Waals surface area contributed by atoms with Crippen LogP contribution >= 0.6 is 0 Å². The Morgan fingerprint density at radius 3 is 2.54 bits per heavy atom. The van der Waals surface area contributed by atoms with Gasteiger partial charge in [-0.3, -0.25) is 4.79 Å². The summed E-state index contributed by atoms with van der Waals surface area (Å²) in [5, 5.41) is 0. The van der Waals surface area contributed by atoms with Crippen LogP contribution in [-0.2, 0) is 26.7 Å². The van der Waals surface area contributed by atoms with Crippen molar-refractivity contribution in [2.45, 2.75) is 16.7 Å². The van der Waals surface area contributed by atoms with E-state index in [0.717, 1.165) is 3.71 Å².